The van der Waals surface area contributed by atoms with E-state index in [4.69, 9.17) is 5.73 Å². The highest BCUT2D eigenvalue weighted by Crippen LogP contribution is 2.33. The van der Waals surface area contributed by atoms with Crippen LogP contribution in [0, 0.1) is 0 Å². The quantitative estimate of drug-likeness (QED) is 0.895. The Morgan fingerprint density at radius 1 is 1.71 bits per heavy atom. The molecule has 1 aliphatic rings. The number of halogens is 1. The SMILES string of the molecule is CN1CCC(c2nc(CN)c(Br)s2)C1. The molecule has 14 heavy (non-hydrogen) atoms. The Hall–Kier alpha value is 0.0300. The number of hydrogen-bond acceptors (Lipinski definition) is 4. The van der Waals surface area contributed by atoms with Crippen molar-refractivity contribution in [2.75, 3.05) is 20.1 Å². The number of likely N-dealkylation sites (N-methyl/N-ethyl adjacent to an activating group) is 1. The maximum atomic E-state index is 5.59. The second kappa shape index (κ2) is 4.26. The fraction of sp³-hybridized carbons (Fsp3) is 0.667. The van der Waals surface area contributed by atoms with Crippen LogP contribution < -0.4 is 5.73 Å². The number of nitrogens with two attached hydrogens (primary N) is 1. The van der Waals surface area contributed by atoms with E-state index in [1.807, 2.05) is 0 Å². The van der Waals surface area contributed by atoms with Gasteiger partial charge in [0.2, 0.25) is 0 Å². The van der Waals surface area contributed by atoms with Crippen molar-refractivity contribution < 1.29 is 0 Å². The van der Waals surface area contributed by atoms with Crippen LogP contribution in [0.5, 0.6) is 0 Å². The van der Waals surface area contributed by atoms with E-state index < -0.39 is 0 Å². The molecule has 0 saturated carbocycles. The second-order valence-electron chi connectivity index (χ2n) is 3.72. The first kappa shape index (κ1) is 10.5. The molecule has 0 bridgehead atoms. The maximum Gasteiger partial charge on any atom is 0.0984 e. The van der Waals surface area contributed by atoms with Gasteiger partial charge in [0.15, 0.2) is 0 Å². The summed E-state index contributed by atoms with van der Waals surface area (Å²) in [6.07, 6.45) is 1.22. The topological polar surface area (TPSA) is 42.2 Å². The van der Waals surface area contributed by atoms with Crippen LogP contribution in [0.4, 0.5) is 0 Å². The van der Waals surface area contributed by atoms with Gasteiger partial charge in [-0.1, -0.05) is 0 Å². The molecule has 1 unspecified atom stereocenters. The zero-order valence-corrected chi connectivity index (χ0v) is 10.6. The predicted octanol–water partition coefficient (Wildman–Crippen LogP) is 1.78. The van der Waals surface area contributed by atoms with Crippen LogP contribution in [0.15, 0.2) is 3.79 Å². The Labute approximate surface area is 96.4 Å². The van der Waals surface area contributed by atoms with Gasteiger partial charge >= 0.3 is 0 Å². The molecule has 3 nitrogen and oxygen atoms in total. The van der Waals surface area contributed by atoms with Crippen molar-refractivity contribution in [3.63, 3.8) is 0 Å². The van der Waals surface area contributed by atoms with E-state index in [9.17, 15) is 0 Å². The fourth-order valence-electron chi connectivity index (χ4n) is 1.79. The summed E-state index contributed by atoms with van der Waals surface area (Å²) in [5.74, 6) is 0.613. The number of rotatable bonds is 2. The minimum atomic E-state index is 0.527. The number of aromatic nitrogens is 1. The van der Waals surface area contributed by atoms with Crippen LogP contribution in [0.2, 0.25) is 0 Å². The number of thiazole rings is 1. The van der Waals surface area contributed by atoms with Crippen molar-refractivity contribution in [3.05, 3.63) is 14.5 Å². The van der Waals surface area contributed by atoms with E-state index in [0.29, 0.717) is 12.5 Å². The average molecular weight is 276 g/mol. The Kier molecular flexibility index (Phi) is 3.21. The standard InChI is InChI=1S/C9H14BrN3S/c1-13-3-2-6(5-13)9-12-7(4-11)8(10)14-9/h6H,2-5,11H2,1H3. The van der Waals surface area contributed by atoms with E-state index in [-0.39, 0.29) is 0 Å². The number of nitrogens with zero attached hydrogens (tertiary/aromatic N) is 2. The van der Waals surface area contributed by atoms with Gasteiger partial charge in [-0.3, -0.25) is 0 Å². The molecular weight excluding hydrogens is 262 g/mol. The zero-order valence-electron chi connectivity index (χ0n) is 8.16. The molecule has 5 heteroatoms. The summed E-state index contributed by atoms with van der Waals surface area (Å²) in [6.45, 7) is 2.84. The molecule has 2 heterocycles. The van der Waals surface area contributed by atoms with Crippen molar-refractivity contribution >= 4 is 27.3 Å². The van der Waals surface area contributed by atoms with Crippen LogP contribution in [0.25, 0.3) is 0 Å². The third-order valence-corrected chi connectivity index (χ3v) is 4.59. The lowest BCUT2D eigenvalue weighted by atomic mass is 10.1. The maximum absolute atomic E-state index is 5.59. The Morgan fingerprint density at radius 2 is 2.50 bits per heavy atom. The van der Waals surface area contributed by atoms with Crippen LogP contribution in [-0.2, 0) is 6.54 Å². The number of hydrogen-bond donors (Lipinski definition) is 1. The lowest BCUT2D eigenvalue weighted by Crippen LogP contribution is -2.13. The molecule has 1 atom stereocenters. The van der Waals surface area contributed by atoms with Crippen LogP contribution >= 0.6 is 27.3 Å². The van der Waals surface area contributed by atoms with Gasteiger partial charge in [-0.25, -0.2) is 4.98 Å². The van der Waals surface area contributed by atoms with E-state index in [1.165, 1.54) is 18.0 Å². The lowest BCUT2D eigenvalue weighted by Gasteiger charge is -2.06. The van der Waals surface area contributed by atoms with Crippen LogP contribution in [0.3, 0.4) is 0 Å². The van der Waals surface area contributed by atoms with E-state index in [0.717, 1.165) is 16.0 Å². The van der Waals surface area contributed by atoms with Crippen LogP contribution in [-0.4, -0.2) is 30.0 Å². The van der Waals surface area contributed by atoms with Crippen molar-refractivity contribution in [1.82, 2.24) is 9.88 Å². The normalized spacial score (nSPS) is 23.2. The summed E-state index contributed by atoms with van der Waals surface area (Å²) in [6, 6.07) is 0. The molecule has 2 rings (SSSR count). The van der Waals surface area contributed by atoms with Gasteiger partial charge in [0.05, 0.1) is 14.5 Å². The lowest BCUT2D eigenvalue weighted by molar-refractivity contribution is 0.411. The first-order valence-corrected chi connectivity index (χ1v) is 6.35. The van der Waals surface area contributed by atoms with Gasteiger partial charge in [0.1, 0.15) is 0 Å². The summed E-state index contributed by atoms with van der Waals surface area (Å²) in [4.78, 5) is 6.91. The zero-order chi connectivity index (χ0) is 10.1. The molecule has 1 saturated heterocycles. The molecule has 1 aromatic heterocycles. The molecule has 0 aliphatic carbocycles. The molecule has 78 valence electrons. The summed E-state index contributed by atoms with van der Waals surface area (Å²) < 4.78 is 1.10. The van der Waals surface area contributed by atoms with Gasteiger partial charge in [-0.2, -0.15) is 0 Å². The van der Waals surface area contributed by atoms with Crippen LogP contribution in [0.1, 0.15) is 23.0 Å². The van der Waals surface area contributed by atoms with Crippen molar-refractivity contribution in [3.8, 4) is 0 Å². The Morgan fingerprint density at radius 3 is 3.00 bits per heavy atom. The molecule has 0 aromatic carbocycles. The molecule has 1 fully saturated rings. The second-order valence-corrected chi connectivity index (χ2v) is 6.07. The van der Waals surface area contributed by atoms with Crippen molar-refractivity contribution in [2.45, 2.75) is 18.9 Å². The van der Waals surface area contributed by atoms with Gasteiger partial charge < -0.3 is 10.6 Å². The predicted molar refractivity (Wildman–Crippen MR) is 62.6 cm³/mol. The minimum absolute atomic E-state index is 0.527. The average Bonchev–Trinajstić information content (AvgIpc) is 2.71. The van der Waals surface area contributed by atoms with Gasteiger partial charge in [0, 0.05) is 19.0 Å². The first-order valence-electron chi connectivity index (χ1n) is 4.74. The third-order valence-electron chi connectivity index (χ3n) is 2.60. The summed E-state index contributed by atoms with van der Waals surface area (Å²) in [5.41, 5.74) is 6.59. The molecular formula is C9H14BrN3S. The largest absolute Gasteiger partial charge is 0.325 e. The van der Waals surface area contributed by atoms with Gasteiger partial charge in [-0.15, -0.1) is 11.3 Å². The van der Waals surface area contributed by atoms with Crippen molar-refractivity contribution in [2.24, 2.45) is 5.73 Å². The summed E-state index contributed by atoms with van der Waals surface area (Å²) in [7, 11) is 2.16. The smallest absolute Gasteiger partial charge is 0.0984 e. The Balaban J connectivity index is 2.16. The fourth-order valence-corrected chi connectivity index (χ4v) is 3.48. The van der Waals surface area contributed by atoms with Crippen molar-refractivity contribution in [1.29, 1.82) is 0 Å². The highest BCUT2D eigenvalue weighted by molar-refractivity contribution is 9.11. The molecule has 0 spiro atoms. The summed E-state index contributed by atoms with van der Waals surface area (Å²) >= 11 is 5.24. The van der Waals surface area contributed by atoms with E-state index in [2.05, 4.69) is 32.9 Å². The van der Waals surface area contributed by atoms with Gasteiger partial charge in [0.25, 0.3) is 0 Å². The third kappa shape index (κ3) is 2.00. The molecule has 2 N–H and O–H groups in total. The Bertz CT molecular complexity index is 326. The van der Waals surface area contributed by atoms with Gasteiger partial charge in [-0.05, 0) is 35.9 Å². The monoisotopic (exact) mass is 275 g/mol. The highest BCUT2D eigenvalue weighted by atomic mass is 79.9. The molecule has 1 aliphatic heterocycles. The van der Waals surface area contributed by atoms with E-state index >= 15 is 0 Å². The minimum Gasteiger partial charge on any atom is -0.325 e. The summed E-state index contributed by atoms with van der Waals surface area (Å²) in [5, 5.41) is 1.24. The first-order chi connectivity index (χ1) is 6.70. The highest BCUT2D eigenvalue weighted by Gasteiger charge is 2.24. The molecule has 1 aromatic rings. The van der Waals surface area contributed by atoms with E-state index in [1.54, 1.807) is 11.3 Å². The molecule has 0 radical (unpaired) electrons. The number of likely N-dealkylation sites (tertiary alicyclic amines) is 1. The molecule has 0 amide bonds.